The Morgan fingerprint density at radius 1 is 1.20 bits per heavy atom. The van der Waals surface area contributed by atoms with Crippen LogP contribution in [0.15, 0.2) is 24.4 Å². The second-order valence-electron chi connectivity index (χ2n) is 3.88. The van der Waals surface area contributed by atoms with Crippen molar-refractivity contribution in [1.29, 1.82) is 0 Å². The number of aryl methyl sites for hydroxylation is 3. The summed E-state index contributed by atoms with van der Waals surface area (Å²) >= 11 is 0. The summed E-state index contributed by atoms with van der Waals surface area (Å²) < 4.78 is 1.83. The first kappa shape index (κ1) is 9.77. The molecule has 0 aliphatic heterocycles. The molecule has 1 heterocycles. The molecule has 0 atom stereocenters. The van der Waals surface area contributed by atoms with Crippen LogP contribution >= 0.6 is 0 Å². The Morgan fingerprint density at radius 2 is 1.93 bits per heavy atom. The van der Waals surface area contributed by atoms with Crippen LogP contribution in [0.3, 0.4) is 0 Å². The van der Waals surface area contributed by atoms with E-state index < -0.39 is 0 Å². The van der Waals surface area contributed by atoms with E-state index in [-0.39, 0.29) is 0 Å². The standard InChI is InChI=1S/C12H15N3/c1-8-4-5-10(13)6-11(8)12-7-15(3)14-9(12)2/h4-7H,13H2,1-3H3. The largest absolute Gasteiger partial charge is 0.399 e. The van der Waals surface area contributed by atoms with E-state index in [2.05, 4.69) is 12.0 Å². The molecular weight excluding hydrogens is 186 g/mol. The first-order valence-electron chi connectivity index (χ1n) is 4.94. The van der Waals surface area contributed by atoms with Crippen LogP contribution in [0, 0.1) is 13.8 Å². The second kappa shape index (κ2) is 3.42. The molecule has 0 spiro atoms. The minimum atomic E-state index is 0.791. The molecule has 15 heavy (non-hydrogen) atoms. The van der Waals surface area contributed by atoms with Crippen molar-refractivity contribution in [3.8, 4) is 11.1 Å². The maximum Gasteiger partial charge on any atom is 0.0672 e. The van der Waals surface area contributed by atoms with Crippen LogP contribution < -0.4 is 5.73 Å². The average Bonchev–Trinajstić information content (AvgIpc) is 2.50. The van der Waals surface area contributed by atoms with Crippen molar-refractivity contribution < 1.29 is 0 Å². The fourth-order valence-corrected chi connectivity index (χ4v) is 1.79. The van der Waals surface area contributed by atoms with Gasteiger partial charge in [0.15, 0.2) is 0 Å². The molecule has 0 saturated heterocycles. The van der Waals surface area contributed by atoms with Gasteiger partial charge < -0.3 is 5.73 Å². The van der Waals surface area contributed by atoms with Gasteiger partial charge >= 0.3 is 0 Å². The van der Waals surface area contributed by atoms with E-state index in [0.717, 1.165) is 16.9 Å². The molecule has 3 nitrogen and oxygen atoms in total. The molecule has 0 unspecified atom stereocenters. The number of nitrogen functional groups attached to an aromatic ring is 1. The highest BCUT2D eigenvalue weighted by Gasteiger charge is 2.08. The van der Waals surface area contributed by atoms with Gasteiger partial charge in [-0.15, -0.1) is 0 Å². The lowest BCUT2D eigenvalue weighted by atomic mass is 10.0. The van der Waals surface area contributed by atoms with Crippen LogP contribution in [0.5, 0.6) is 0 Å². The topological polar surface area (TPSA) is 43.8 Å². The van der Waals surface area contributed by atoms with Gasteiger partial charge in [0, 0.05) is 24.5 Å². The van der Waals surface area contributed by atoms with E-state index in [1.807, 2.05) is 43.0 Å². The SMILES string of the molecule is Cc1ccc(N)cc1-c1cn(C)nc1C. The quantitative estimate of drug-likeness (QED) is 0.719. The molecule has 1 aromatic heterocycles. The molecule has 0 aliphatic rings. The Hall–Kier alpha value is -1.77. The van der Waals surface area contributed by atoms with Crippen LogP contribution in [0.2, 0.25) is 0 Å². The van der Waals surface area contributed by atoms with Gasteiger partial charge in [-0.1, -0.05) is 6.07 Å². The highest BCUT2D eigenvalue weighted by molar-refractivity contribution is 5.71. The van der Waals surface area contributed by atoms with Crippen LogP contribution in [-0.4, -0.2) is 9.78 Å². The zero-order chi connectivity index (χ0) is 11.0. The number of nitrogens with zero attached hydrogens (tertiary/aromatic N) is 2. The van der Waals surface area contributed by atoms with Gasteiger partial charge in [-0.05, 0) is 37.1 Å². The van der Waals surface area contributed by atoms with E-state index in [1.54, 1.807) is 0 Å². The average molecular weight is 201 g/mol. The van der Waals surface area contributed by atoms with Crippen molar-refractivity contribution in [2.24, 2.45) is 7.05 Å². The predicted octanol–water partition coefficient (Wildman–Crippen LogP) is 2.29. The summed E-state index contributed by atoms with van der Waals surface area (Å²) in [5, 5.41) is 4.33. The Labute approximate surface area is 89.5 Å². The molecule has 78 valence electrons. The smallest absolute Gasteiger partial charge is 0.0672 e. The highest BCUT2D eigenvalue weighted by Crippen LogP contribution is 2.27. The molecule has 0 radical (unpaired) electrons. The third-order valence-corrected chi connectivity index (χ3v) is 2.57. The van der Waals surface area contributed by atoms with Crippen LogP contribution in [0.4, 0.5) is 5.69 Å². The number of rotatable bonds is 1. The first-order chi connectivity index (χ1) is 7.08. The number of anilines is 1. The van der Waals surface area contributed by atoms with E-state index in [0.29, 0.717) is 0 Å². The Bertz CT molecular complexity index is 498. The summed E-state index contributed by atoms with van der Waals surface area (Å²) in [5.41, 5.74) is 11.2. The summed E-state index contributed by atoms with van der Waals surface area (Å²) in [4.78, 5) is 0. The number of hydrogen-bond donors (Lipinski definition) is 1. The summed E-state index contributed by atoms with van der Waals surface area (Å²) in [5.74, 6) is 0. The van der Waals surface area contributed by atoms with E-state index in [4.69, 9.17) is 5.73 Å². The highest BCUT2D eigenvalue weighted by atomic mass is 15.2. The number of nitrogens with two attached hydrogens (primary N) is 1. The maximum atomic E-state index is 5.79. The Kier molecular flexibility index (Phi) is 2.23. The molecular formula is C12H15N3. The fraction of sp³-hybridized carbons (Fsp3) is 0.250. The van der Waals surface area contributed by atoms with E-state index >= 15 is 0 Å². The Balaban J connectivity index is 2.62. The maximum absolute atomic E-state index is 5.79. The lowest BCUT2D eigenvalue weighted by Crippen LogP contribution is -1.89. The van der Waals surface area contributed by atoms with Gasteiger partial charge in [-0.3, -0.25) is 4.68 Å². The Morgan fingerprint density at radius 3 is 2.53 bits per heavy atom. The molecule has 0 aliphatic carbocycles. The van der Waals surface area contributed by atoms with Crippen molar-refractivity contribution in [1.82, 2.24) is 9.78 Å². The summed E-state index contributed by atoms with van der Waals surface area (Å²) in [6, 6.07) is 5.96. The van der Waals surface area contributed by atoms with Crippen molar-refractivity contribution >= 4 is 5.69 Å². The first-order valence-corrected chi connectivity index (χ1v) is 4.94. The van der Waals surface area contributed by atoms with Gasteiger partial charge in [0.1, 0.15) is 0 Å². The third kappa shape index (κ3) is 1.73. The molecule has 0 amide bonds. The molecule has 3 heteroatoms. The van der Waals surface area contributed by atoms with Crippen molar-refractivity contribution in [2.45, 2.75) is 13.8 Å². The lowest BCUT2D eigenvalue weighted by molar-refractivity contribution is 0.756. The minimum Gasteiger partial charge on any atom is -0.399 e. The zero-order valence-corrected chi connectivity index (χ0v) is 9.28. The van der Waals surface area contributed by atoms with Crippen molar-refractivity contribution in [2.75, 3.05) is 5.73 Å². The second-order valence-corrected chi connectivity index (χ2v) is 3.88. The van der Waals surface area contributed by atoms with Crippen LogP contribution in [0.1, 0.15) is 11.3 Å². The summed E-state index contributed by atoms with van der Waals surface area (Å²) in [7, 11) is 1.93. The predicted molar refractivity (Wildman–Crippen MR) is 62.5 cm³/mol. The molecule has 2 rings (SSSR count). The number of hydrogen-bond acceptors (Lipinski definition) is 2. The van der Waals surface area contributed by atoms with Crippen molar-refractivity contribution in [3.63, 3.8) is 0 Å². The molecule has 2 N–H and O–H groups in total. The normalized spacial score (nSPS) is 10.6. The van der Waals surface area contributed by atoms with Gasteiger partial charge in [0.05, 0.1) is 5.69 Å². The van der Waals surface area contributed by atoms with Gasteiger partial charge in [-0.25, -0.2) is 0 Å². The monoisotopic (exact) mass is 201 g/mol. The van der Waals surface area contributed by atoms with E-state index in [9.17, 15) is 0 Å². The van der Waals surface area contributed by atoms with Crippen LogP contribution in [-0.2, 0) is 7.05 Å². The van der Waals surface area contributed by atoms with Gasteiger partial charge in [0.2, 0.25) is 0 Å². The molecule has 0 saturated carbocycles. The van der Waals surface area contributed by atoms with Gasteiger partial charge in [-0.2, -0.15) is 5.10 Å². The number of aromatic nitrogens is 2. The number of benzene rings is 1. The van der Waals surface area contributed by atoms with Crippen LogP contribution in [0.25, 0.3) is 11.1 Å². The third-order valence-electron chi connectivity index (χ3n) is 2.57. The van der Waals surface area contributed by atoms with E-state index in [1.165, 1.54) is 11.1 Å². The summed E-state index contributed by atoms with van der Waals surface area (Å²) in [6.07, 6.45) is 2.02. The van der Waals surface area contributed by atoms with Crippen molar-refractivity contribution in [3.05, 3.63) is 35.7 Å². The minimum absolute atomic E-state index is 0.791. The fourth-order valence-electron chi connectivity index (χ4n) is 1.79. The molecule has 0 bridgehead atoms. The molecule has 1 aromatic carbocycles. The molecule has 0 fully saturated rings. The summed E-state index contributed by atoms with van der Waals surface area (Å²) in [6.45, 7) is 4.10. The van der Waals surface area contributed by atoms with Gasteiger partial charge in [0.25, 0.3) is 0 Å². The molecule has 2 aromatic rings. The zero-order valence-electron chi connectivity index (χ0n) is 9.28. The lowest BCUT2D eigenvalue weighted by Gasteiger charge is -2.05.